The zero-order chi connectivity index (χ0) is 14.5. The Balaban J connectivity index is 2.08. The maximum Gasteiger partial charge on any atom is 0.248 e. The fraction of sp³-hybridized carbons (Fsp3) is 0.188. The van der Waals surface area contributed by atoms with E-state index >= 15 is 0 Å². The summed E-state index contributed by atoms with van der Waals surface area (Å²) < 4.78 is 19.3. The molecule has 2 rings (SSSR count). The predicted octanol–water partition coefficient (Wildman–Crippen LogP) is 3.07. The summed E-state index contributed by atoms with van der Waals surface area (Å²) in [7, 11) is 0. The number of amides is 1. The lowest BCUT2D eigenvalue weighted by Gasteiger charge is -2.09. The van der Waals surface area contributed by atoms with Crippen molar-refractivity contribution < 1.29 is 13.9 Å². The minimum Gasteiger partial charge on any atom is -0.489 e. The quantitative estimate of drug-likeness (QED) is 0.910. The van der Waals surface area contributed by atoms with Crippen LogP contribution in [0.1, 0.15) is 28.4 Å². The minimum absolute atomic E-state index is 0.109. The van der Waals surface area contributed by atoms with E-state index in [2.05, 4.69) is 6.92 Å². The number of carbonyl (C=O) groups excluding carboxylic acids is 1. The van der Waals surface area contributed by atoms with E-state index in [0.29, 0.717) is 11.3 Å². The molecule has 1 amide bonds. The topological polar surface area (TPSA) is 52.3 Å². The molecule has 2 aromatic rings. The largest absolute Gasteiger partial charge is 0.489 e. The summed E-state index contributed by atoms with van der Waals surface area (Å²) in [6.07, 6.45) is 0.916. The molecule has 3 nitrogen and oxygen atoms in total. The Morgan fingerprint density at radius 2 is 2.05 bits per heavy atom. The summed E-state index contributed by atoms with van der Waals surface area (Å²) in [6, 6.07) is 11.8. The van der Waals surface area contributed by atoms with Gasteiger partial charge in [0.25, 0.3) is 0 Å². The van der Waals surface area contributed by atoms with Crippen molar-refractivity contribution in [2.45, 2.75) is 20.0 Å². The highest BCUT2D eigenvalue weighted by Crippen LogP contribution is 2.17. The van der Waals surface area contributed by atoms with E-state index in [0.717, 1.165) is 18.1 Å². The highest BCUT2D eigenvalue weighted by molar-refractivity contribution is 5.92. The second-order valence-electron chi connectivity index (χ2n) is 4.46. The summed E-state index contributed by atoms with van der Waals surface area (Å²) in [5.74, 6) is -0.442. The van der Waals surface area contributed by atoms with Crippen LogP contribution in [0.2, 0.25) is 0 Å². The molecule has 20 heavy (non-hydrogen) atoms. The first kappa shape index (κ1) is 14.1. The molecule has 2 N–H and O–H groups in total. The van der Waals surface area contributed by atoms with Gasteiger partial charge in [-0.15, -0.1) is 0 Å². The molecule has 0 atom stereocenters. The molecule has 0 aliphatic heterocycles. The maximum absolute atomic E-state index is 13.8. The molecule has 0 unspecified atom stereocenters. The molecule has 0 saturated heterocycles. The molecule has 104 valence electrons. The number of aryl methyl sites for hydroxylation is 1. The van der Waals surface area contributed by atoms with Gasteiger partial charge in [-0.05, 0) is 36.2 Å². The van der Waals surface area contributed by atoms with Gasteiger partial charge in [0, 0.05) is 11.1 Å². The van der Waals surface area contributed by atoms with Gasteiger partial charge in [0.2, 0.25) is 5.91 Å². The maximum atomic E-state index is 13.8. The van der Waals surface area contributed by atoms with Gasteiger partial charge in [-0.25, -0.2) is 4.39 Å². The van der Waals surface area contributed by atoms with Crippen LogP contribution in [0.4, 0.5) is 4.39 Å². The molecule has 0 saturated carbocycles. The fourth-order valence-corrected chi connectivity index (χ4v) is 1.83. The first-order valence-electron chi connectivity index (χ1n) is 6.40. The van der Waals surface area contributed by atoms with Crippen LogP contribution in [0.3, 0.4) is 0 Å². The van der Waals surface area contributed by atoms with Crippen LogP contribution in [-0.2, 0) is 13.0 Å². The predicted molar refractivity (Wildman–Crippen MR) is 75.1 cm³/mol. The summed E-state index contributed by atoms with van der Waals surface area (Å²) >= 11 is 0. The Hall–Kier alpha value is -2.36. The number of benzene rings is 2. The van der Waals surface area contributed by atoms with Crippen LogP contribution in [0.5, 0.6) is 5.75 Å². The number of ether oxygens (including phenoxy) is 1. The minimum atomic E-state index is -0.646. The SMILES string of the molecule is CCc1cccc(OCc2ccc(C(N)=O)cc2F)c1. The van der Waals surface area contributed by atoms with E-state index in [1.54, 1.807) is 0 Å². The number of halogens is 1. The van der Waals surface area contributed by atoms with Crippen LogP contribution >= 0.6 is 0 Å². The van der Waals surface area contributed by atoms with E-state index in [1.165, 1.54) is 12.1 Å². The Morgan fingerprint density at radius 1 is 1.25 bits per heavy atom. The van der Waals surface area contributed by atoms with Crippen LogP contribution in [0.15, 0.2) is 42.5 Å². The van der Waals surface area contributed by atoms with E-state index in [9.17, 15) is 9.18 Å². The highest BCUT2D eigenvalue weighted by Gasteiger charge is 2.07. The van der Waals surface area contributed by atoms with Gasteiger partial charge in [0.05, 0.1) is 0 Å². The molecular formula is C16H16FNO2. The standard InChI is InChI=1S/C16H16FNO2/c1-2-11-4-3-5-14(8-11)20-10-13-7-6-12(16(18)19)9-15(13)17/h3-9H,2,10H2,1H3,(H2,18,19). The molecule has 0 aliphatic carbocycles. The smallest absolute Gasteiger partial charge is 0.248 e. The van der Waals surface area contributed by atoms with Crippen molar-refractivity contribution in [1.29, 1.82) is 0 Å². The normalized spacial score (nSPS) is 10.3. The summed E-state index contributed by atoms with van der Waals surface area (Å²) in [5.41, 5.74) is 6.79. The van der Waals surface area contributed by atoms with Crippen molar-refractivity contribution in [1.82, 2.24) is 0 Å². The number of carbonyl (C=O) groups is 1. The Labute approximate surface area is 117 Å². The Bertz CT molecular complexity index is 626. The van der Waals surface area contributed by atoms with Crippen molar-refractivity contribution in [3.05, 3.63) is 65.0 Å². The van der Waals surface area contributed by atoms with Crippen LogP contribution in [0, 0.1) is 5.82 Å². The Kier molecular flexibility index (Phi) is 4.35. The number of rotatable bonds is 5. The molecule has 0 bridgehead atoms. The lowest BCUT2D eigenvalue weighted by Crippen LogP contribution is -2.11. The van der Waals surface area contributed by atoms with Crippen LogP contribution in [0.25, 0.3) is 0 Å². The van der Waals surface area contributed by atoms with Gasteiger partial charge >= 0.3 is 0 Å². The average molecular weight is 273 g/mol. The van der Waals surface area contributed by atoms with Gasteiger partial charge in [0.15, 0.2) is 0 Å². The van der Waals surface area contributed by atoms with Gasteiger partial charge in [-0.3, -0.25) is 4.79 Å². The monoisotopic (exact) mass is 273 g/mol. The third kappa shape index (κ3) is 3.35. The van der Waals surface area contributed by atoms with E-state index in [-0.39, 0.29) is 12.2 Å². The van der Waals surface area contributed by atoms with Crippen molar-refractivity contribution in [2.75, 3.05) is 0 Å². The molecule has 0 spiro atoms. The first-order chi connectivity index (χ1) is 9.60. The van der Waals surface area contributed by atoms with E-state index in [4.69, 9.17) is 10.5 Å². The van der Waals surface area contributed by atoms with Gasteiger partial charge in [0.1, 0.15) is 18.2 Å². The second-order valence-corrected chi connectivity index (χ2v) is 4.46. The highest BCUT2D eigenvalue weighted by atomic mass is 19.1. The van der Waals surface area contributed by atoms with Crippen molar-refractivity contribution in [2.24, 2.45) is 5.73 Å². The average Bonchev–Trinajstić information content (AvgIpc) is 2.46. The summed E-state index contributed by atoms with van der Waals surface area (Å²) in [6.45, 7) is 2.17. The van der Waals surface area contributed by atoms with E-state index < -0.39 is 11.7 Å². The van der Waals surface area contributed by atoms with Crippen molar-refractivity contribution in [3.8, 4) is 5.75 Å². The third-order valence-corrected chi connectivity index (χ3v) is 3.04. The molecule has 4 heteroatoms. The molecule has 0 aliphatic rings. The second kappa shape index (κ2) is 6.19. The van der Waals surface area contributed by atoms with Crippen molar-refractivity contribution >= 4 is 5.91 Å². The number of hydrogen-bond acceptors (Lipinski definition) is 2. The first-order valence-corrected chi connectivity index (χ1v) is 6.40. The summed E-state index contributed by atoms with van der Waals surface area (Å²) in [5, 5.41) is 0. The summed E-state index contributed by atoms with van der Waals surface area (Å²) in [4.78, 5) is 10.9. The number of hydrogen-bond donors (Lipinski definition) is 1. The lowest BCUT2D eigenvalue weighted by atomic mass is 10.1. The molecule has 0 heterocycles. The number of nitrogens with two attached hydrogens (primary N) is 1. The van der Waals surface area contributed by atoms with Crippen molar-refractivity contribution in [3.63, 3.8) is 0 Å². The fourth-order valence-electron chi connectivity index (χ4n) is 1.83. The third-order valence-electron chi connectivity index (χ3n) is 3.04. The van der Waals surface area contributed by atoms with E-state index in [1.807, 2.05) is 24.3 Å². The molecule has 0 aromatic heterocycles. The molecule has 2 aromatic carbocycles. The zero-order valence-electron chi connectivity index (χ0n) is 11.2. The van der Waals surface area contributed by atoms with Crippen LogP contribution < -0.4 is 10.5 Å². The van der Waals surface area contributed by atoms with Crippen LogP contribution in [-0.4, -0.2) is 5.91 Å². The molecule has 0 radical (unpaired) electrons. The van der Waals surface area contributed by atoms with Gasteiger partial charge in [-0.1, -0.05) is 25.1 Å². The van der Waals surface area contributed by atoms with Gasteiger partial charge in [-0.2, -0.15) is 0 Å². The number of primary amides is 1. The van der Waals surface area contributed by atoms with Gasteiger partial charge < -0.3 is 10.5 Å². The molecular weight excluding hydrogens is 257 g/mol. The Morgan fingerprint density at radius 3 is 2.70 bits per heavy atom. The molecule has 0 fully saturated rings. The lowest BCUT2D eigenvalue weighted by molar-refractivity contribution is 0.0999. The zero-order valence-corrected chi connectivity index (χ0v) is 11.2.